The van der Waals surface area contributed by atoms with Crippen LogP contribution in [0.5, 0.6) is 17.2 Å². The summed E-state index contributed by atoms with van der Waals surface area (Å²) in [6.45, 7) is 0.658. The summed E-state index contributed by atoms with van der Waals surface area (Å²) in [6.07, 6.45) is 2.02. The number of aliphatic carboxylic acids is 1. The SMILES string of the molecule is COc1ccc(Cn2cc(C(CC(=O)O)c3cc(OC)cc(OC)c3)c3ccccc32)cc1. The molecular weight excluding hydrogens is 418 g/mol. The van der Waals surface area contributed by atoms with Gasteiger partial charge >= 0.3 is 5.97 Å². The topological polar surface area (TPSA) is 69.9 Å². The van der Waals surface area contributed by atoms with Crippen molar-refractivity contribution in [3.05, 3.63) is 89.6 Å². The molecule has 3 aromatic carbocycles. The molecule has 33 heavy (non-hydrogen) atoms. The number of carboxylic acid groups (broad SMARTS) is 1. The Morgan fingerprint density at radius 2 is 1.52 bits per heavy atom. The first-order chi connectivity index (χ1) is 16.0. The maximum Gasteiger partial charge on any atom is 0.304 e. The molecule has 1 atom stereocenters. The number of aromatic nitrogens is 1. The third kappa shape index (κ3) is 4.80. The van der Waals surface area contributed by atoms with Crippen LogP contribution in [0.2, 0.25) is 0 Å². The van der Waals surface area contributed by atoms with Crippen molar-refractivity contribution in [2.45, 2.75) is 18.9 Å². The van der Waals surface area contributed by atoms with Gasteiger partial charge in [0.2, 0.25) is 0 Å². The maximum atomic E-state index is 11.9. The van der Waals surface area contributed by atoms with Crippen LogP contribution in [0.4, 0.5) is 0 Å². The molecule has 1 heterocycles. The van der Waals surface area contributed by atoms with E-state index in [1.54, 1.807) is 27.4 Å². The molecule has 6 nitrogen and oxygen atoms in total. The Balaban J connectivity index is 1.82. The zero-order chi connectivity index (χ0) is 23.4. The van der Waals surface area contributed by atoms with Gasteiger partial charge in [0.25, 0.3) is 0 Å². The highest BCUT2D eigenvalue weighted by Crippen LogP contribution is 2.38. The van der Waals surface area contributed by atoms with Gasteiger partial charge in [-0.2, -0.15) is 0 Å². The van der Waals surface area contributed by atoms with E-state index in [-0.39, 0.29) is 12.3 Å². The summed E-state index contributed by atoms with van der Waals surface area (Å²) in [4.78, 5) is 11.9. The minimum Gasteiger partial charge on any atom is -0.497 e. The Hall–Kier alpha value is -3.93. The van der Waals surface area contributed by atoms with Gasteiger partial charge in [-0.25, -0.2) is 0 Å². The lowest BCUT2D eigenvalue weighted by Crippen LogP contribution is -2.08. The second kappa shape index (κ2) is 9.69. The molecule has 0 aliphatic carbocycles. The lowest BCUT2D eigenvalue weighted by molar-refractivity contribution is -0.137. The van der Waals surface area contributed by atoms with E-state index in [4.69, 9.17) is 14.2 Å². The van der Waals surface area contributed by atoms with Crippen LogP contribution in [-0.4, -0.2) is 37.0 Å². The Bertz CT molecular complexity index is 1240. The number of hydrogen-bond donors (Lipinski definition) is 1. The number of nitrogens with zero attached hydrogens (tertiary/aromatic N) is 1. The molecule has 0 saturated carbocycles. The van der Waals surface area contributed by atoms with Gasteiger partial charge in [0.05, 0.1) is 27.8 Å². The van der Waals surface area contributed by atoms with Gasteiger partial charge < -0.3 is 23.9 Å². The third-order valence-electron chi connectivity index (χ3n) is 5.86. The summed E-state index contributed by atoms with van der Waals surface area (Å²) in [6, 6.07) is 21.6. The molecule has 1 N–H and O–H groups in total. The van der Waals surface area contributed by atoms with Crippen LogP contribution in [-0.2, 0) is 11.3 Å². The Morgan fingerprint density at radius 3 is 2.12 bits per heavy atom. The van der Waals surface area contributed by atoms with E-state index in [1.165, 1.54) is 0 Å². The van der Waals surface area contributed by atoms with Gasteiger partial charge in [0, 0.05) is 35.6 Å². The van der Waals surface area contributed by atoms with Gasteiger partial charge in [-0.15, -0.1) is 0 Å². The Kier molecular flexibility index (Phi) is 6.54. The van der Waals surface area contributed by atoms with E-state index in [1.807, 2.05) is 54.6 Å². The van der Waals surface area contributed by atoms with Gasteiger partial charge in [-0.3, -0.25) is 4.79 Å². The molecule has 0 aliphatic rings. The monoisotopic (exact) mass is 445 g/mol. The summed E-state index contributed by atoms with van der Waals surface area (Å²) in [7, 11) is 4.83. The lowest BCUT2D eigenvalue weighted by atomic mass is 9.88. The minimum absolute atomic E-state index is 0.0487. The smallest absolute Gasteiger partial charge is 0.304 e. The van der Waals surface area contributed by atoms with Gasteiger partial charge in [-0.05, 0) is 47.0 Å². The summed E-state index contributed by atoms with van der Waals surface area (Å²) >= 11 is 0. The van der Waals surface area contributed by atoms with Crippen LogP contribution in [0.15, 0.2) is 72.9 Å². The molecule has 4 rings (SSSR count). The van der Waals surface area contributed by atoms with Gasteiger partial charge in [0.15, 0.2) is 0 Å². The highest BCUT2D eigenvalue weighted by Gasteiger charge is 2.24. The molecule has 0 amide bonds. The number of carboxylic acids is 1. The van der Waals surface area contributed by atoms with E-state index >= 15 is 0 Å². The molecule has 170 valence electrons. The summed E-state index contributed by atoms with van der Waals surface area (Å²) in [5, 5.41) is 10.8. The zero-order valence-electron chi connectivity index (χ0n) is 18.9. The first-order valence-corrected chi connectivity index (χ1v) is 10.7. The van der Waals surface area contributed by atoms with Crippen molar-refractivity contribution in [1.82, 2.24) is 4.57 Å². The highest BCUT2D eigenvalue weighted by molar-refractivity contribution is 5.86. The predicted molar refractivity (Wildman–Crippen MR) is 128 cm³/mol. The maximum absolute atomic E-state index is 11.9. The number of para-hydroxylation sites is 1. The molecule has 4 aromatic rings. The fraction of sp³-hybridized carbons (Fsp3) is 0.222. The number of benzene rings is 3. The molecule has 1 aromatic heterocycles. The Labute approximate surface area is 192 Å². The second-order valence-corrected chi connectivity index (χ2v) is 7.87. The van der Waals surface area contributed by atoms with E-state index in [0.717, 1.165) is 33.3 Å². The molecule has 0 fully saturated rings. The van der Waals surface area contributed by atoms with E-state index in [2.05, 4.69) is 16.8 Å². The minimum atomic E-state index is -0.867. The fourth-order valence-corrected chi connectivity index (χ4v) is 4.22. The van der Waals surface area contributed by atoms with Crippen molar-refractivity contribution >= 4 is 16.9 Å². The molecule has 0 radical (unpaired) electrons. The van der Waals surface area contributed by atoms with Gasteiger partial charge in [-0.1, -0.05) is 30.3 Å². The first-order valence-electron chi connectivity index (χ1n) is 10.7. The number of rotatable bonds is 9. The highest BCUT2D eigenvalue weighted by atomic mass is 16.5. The van der Waals surface area contributed by atoms with Crippen molar-refractivity contribution in [3.8, 4) is 17.2 Å². The normalized spacial score (nSPS) is 11.8. The van der Waals surface area contributed by atoms with Crippen LogP contribution in [0, 0.1) is 0 Å². The largest absolute Gasteiger partial charge is 0.497 e. The quantitative estimate of drug-likeness (QED) is 0.377. The summed E-state index contributed by atoms with van der Waals surface area (Å²) in [5.74, 6) is 0.830. The van der Waals surface area contributed by atoms with Crippen molar-refractivity contribution in [2.24, 2.45) is 0 Å². The number of hydrogen-bond acceptors (Lipinski definition) is 4. The van der Waals surface area contributed by atoms with Crippen molar-refractivity contribution in [3.63, 3.8) is 0 Å². The average molecular weight is 446 g/mol. The van der Waals surface area contributed by atoms with E-state index < -0.39 is 5.97 Å². The lowest BCUT2D eigenvalue weighted by Gasteiger charge is -2.17. The van der Waals surface area contributed by atoms with E-state index in [9.17, 15) is 9.90 Å². The molecular formula is C27H27NO5. The van der Waals surface area contributed by atoms with Crippen molar-refractivity contribution < 1.29 is 24.1 Å². The van der Waals surface area contributed by atoms with Crippen molar-refractivity contribution in [2.75, 3.05) is 21.3 Å². The standard InChI is InChI=1S/C27H27NO5/c1-31-20-10-8-18(9-11-20)16-28-17-25(23-6-4-5-7-26(23)28)24(15-27(29)30)19-12-21(32-2)14-22(13-19)33-3/h4-14,17,24H,15-16H2,1-3H3,(H,29,30). The fourth-order valence-electron chi connectivity index (χ4n) is 4.22. The van der Waals surface area contributed by atoms with Crippen molar-refractivity contribution in [1.29, 1.82) is 0 Å². The van der Waals surface area contributed by atoms with Crippen LogP contribution in [0.3, 0.4) is 0 Å². The van der Waals surface area contributed by atoms with Crippen LogP contribution < -0.4 is 14.2 Å². The number of methoxy groups -OCH3 is 3. The van der Waals surface area contributed by atoms with Crippen LogP contribution in [0.25, 0.3) is 10.9 Å². The number of carbonyl (C=O) groups is 1. The predicted octanol–water partition coefficient (Wildman–Crippen LogP) is 5.32. The number of fused-ring (bicyclic) bond motifs is 1. The van der Waals surface area contributed by atoms with E-state index in [0.29, 0.717) is 18.0 Å². The zero-order valence-corrected chi connectivity index (χ0v) is 18.9. The molecule has 0 bridgehead atoms. The molecule has 6 heteroatoms. The average Bonchev–Trinajstić information content (AvgIpc) is 3.20. The second-order valence-electron chi connectivity index (χ2n) is 7.87. The summed E-state index contributed by atoms with van der Waals surface area (Å²) in [5.41, 5.74) is 3.97. The van der Waals surface area contributed by atoms with Crippen LogP contribution >= 0.6 is 0 Å². The first kappa shape index (κ1) is 22.3. The van der Waals surface area contributed by atoms with Crippen LogP contribution in [0.1, 0.15) is 29.0 Å². The molecule has 0 spiro atoms. The number of ether oxygens (including phenoxy) is 3. The third-order valence-corrected chi connectivity index (χ3v) is 5.86. The van der Waals surface area contributed by atoms with Gasteiger partial charge in [0.1, 0.15) is 17.2 Å². The summed E-state index contributed by atoms with van der Waals surface area (Å²) < 4.78 is 18.3. The molecule has 1 unspecified atom stereocenters. The molecule has 0 aliphatic heterocycles. The molecule has 0 saturated heterocycles. The Morgan fingerprint density at radius 1 is 0.879 bits per heavy atom.